The minimum Gasteiger partial charge on any atom is -0.352 e. The van der Waals surface area contributed by atoms with Gasteiger partial charge in [-0.1, -0.05) is 24.3 Å². The molecule has 2 aromatic rings. The van der Waals surface area contributed by atoms with Crippen molar-refractivity contribution in [3.8, 4) is 0 Å². The van der Waals surface area contributed by atoms with Crippen LogP contribution in [0.1, 0.15) is 34.7 Å². The van der Waals surface area contributed by atoms with Gasteiger partial charge < -0.3 is 5.32 Å². The van der Waals surface area contributed by atoms with Crippen molar-refractivity contribution in [2.75, 3.05) is 0 Å². The smallest absolute Gasteiger partial charge is 0.352 e. The molecule has 3 nitrogen and oxygen atoms in total. The molecule has 1 heterocycles. The highest BCUT2D eigenvalue weighted by atomic mass is 19.4. The van der Waals surface area contributed by atoms with E-state index in [4.69, 9.17) is 0 Å². The third kappa shape index (κ3) is 3.75. The van der Waals surface area contributed by atoms with Gasteiger partial charge >= 0.3 is 6.18 Å². The normalized spacial score (nSPS) is 19.8. The summed E-state index contributed by atoms with van der Waals surface area (Å²) in [5.41, 5.74) is 1.29. The summed E-state index contributed by atoms with van der Waals surface area (Å²) in [5.74, 6) is -0.472. The quantitative estimate of drug-likeness (QED) is 0.928. The molecule has 1 aromatic carbocycles. The molecule has 3 rings (SSSR count). The summed E-state index contributed by atoms with van der Waals surface area (Å²) in [6.45, 7) is 1.86. The Kier molecular flexibility index (Phi) is 4.30. The van der Waals surface area contributed by atoms with Crippen molar-refractivity contribution >= 4 is 5.91 Å². The summed E-state index contributed by atoms with van der Waals surface area (Å²) in [5, 5.41) is 2.81. The number of hydrogen-bond acceptors (Lipinski definition) is 2. The SMILES string of the molecule is Cc1ccc(CC(=O)NC2CC2c2ccccc2C(F)(F)F)cn1. The van der Waals surface area contributed by atoms with Gasteiger partial charge in [0.2, 0.25) is 5.91 Å². The Hall–Kier alpha value is -2.37. The van der Waals surface area contributed by atoms with Crippen LogP contribution in [-0.2, 0) is 17.4 Å². The van der Waals surface area contributed by atoms with Crippen LogP contribution in [0.15, 0.2) is 42.6 Å². The largest absolute Gasteiger partial charge is 0.416 e. The fourth-order valence-electron chi connectivity index (χ4n) is 2.82. The molecule has 6 heteroatoms. The summed E-state index contributed by atoms with van der Waals surface area (Å²) in [7, 11) is 0. The number of rotatable bonds is 4. The molecule has 0 aliphatic heterocycles. The molecular formula is C18H17F3N2O. The number of benzene rings is 1. The monoisotopic (exact) mass is 334 g/mol. The molecule has 2 unspecified atom stereocenters. The van der Waals surface area contributed by atoms with E-state index in [1.807, 2.05) is 19.1 Å². The van der Waals surface area contributed by atoms with E-state index >= 15 is 0 Å². The molecular weight excluding hydrogens is 317 g/mol. The molecule has 1 aliphatic carbocycles. The Balaban J connectivity index is 1.62. The number of carbonyl (C=O) groups excluding carboxylic acids is 1. The second-order valence-electron chi connectivity index (χ2n) is 6.09. The number of pyridine rings is 1. The first kappa shape index (κ1) is 16.5. The number of carbonyl (C=O) groups is 1. The first-order valence-corrected chi connectivity index (χ1v) is 7.71. The van der Waals surface area contributed by atoms with Gasteiger partial charge in [-0.05, 0) is 36.6 Å². The molecule has 0 bridgehead atoms. The Morgan fingerprint density at radius 1 is 1.25 bits per heavy atom. The number of hydrogen-bond donors (Lipinski definition) is 1. The van der Waals surface area contributed by atoms with Crippen molar-refractivity contribution in [2.24, 2.45) is 0 Å². The van der Waals surface area contributed by atoms with Crippen LogP contribution in [0.5, 0.6) is 0 Å². The minimum absolute atomic E-state index is 0.178. The van der Waals surface area contributed by atoms with Crippen LogP contribution >= 0.6 is 0 Å². The highest BCUT2D eigenvalue weighted by Crippen LogP contribution is 2.46. The molecule has 1 N–H and O–H groups in total. The number of aryl methyl sites for hydroxylation is 1. The first-order chi connectivity index (χ1) is 11.3. The van der Waals surface area contributed by atoms with Gasteiger partial charge in [0.15, 0.2) is 0 Å². The van der Waals surface area contributed by atoms with Crippen LogP contribution in [-0.4, -0.2) is 16.9 Å². The van der Waals surface area contributed by atoms with Crippen molar-refractivity contribution < 1.29 is 18.0 Å². The van der Waals surface area contributed by atoms with Gasteiger partial charge in [-0.3, -0.25) is 9.78 Å². The fourth-order valence-corrected chi connectivity index (χ4v) is 2.82. The van der Waals surface area contributed by atoms with Crippen molar-refractivity contribution in [2.45, 2.75) is 37.9 Å². The number of amides is 1. The van der Waals surface area contributed by atoms with Crippen LogP contribution in [0.4, 0.5) is 13.2 Å². The molecule has 1 amide bonds. The molecule has 1 aromatic heterocycles. The van der Waals surface area contributed by atoms with Crippen LogP contribution in [0.3, 0.4) is 0 Å². The molecule has 0 radical (unpaired) electrons. The maximum Gasteiger partial charge on any atom is 0.416 e. The lowest BCUT2D eigenvalue weighted by molar-refractivity contribution is -0.138. The summed E-state index contributed by atoms with van der Waals surface area (Å²) >= 11 is 0. The third-order valence-electron chi connectivity index (χ3n) is 4.14. The summed E-state index contributed by atoms with van der Waals surface area (Å²) in [6.07, 6.45) is -2.03. The van der Waals surface area contributed by atoms with Crippen molar-refractivity contribution in [3.63, 3.8) is 0 Å². The van der Waals surface area contributed by atoms with Crippen LogP contribution in [0.2, 0.25) is 0 Å². The van der Waals surface area contributed by atoms with Gasteiger partial charge in [0.25, 0.3) is 0 Å². The number of halogens is 3. The maximum absolute atomic E-state index is 13.1. The van der Waals surface area contributed by atoms with Crippen LogP contribution in [0.25, 0.3) is 0 Å². The van der Waals surface area contributed by atoms with Gasteiger partial charge in [0, 0.05) is 23.9 Å². The Bertz CT molecular complexity index is 741. The second kappa shape index (κ2) is 6.26. The molecule has 1 fully saturated rings. The number of alkyl halides is 3. The van der Waals surface area contributed by atoms with E-state index in [1.54, 1.807) is 12.3 Å². The minimum atomic E-state index is -4.37. The van der Waals surface area contributed by atoms with Crippen molar-refractivity contribution in [1.82, 2.24) is 10.3 Å². The van der Waals surface area contributed by atoms with Gasteiger partial charge in [0.1, 0.15) is 0 Å². The topological polar surface area (TPSA) is 42.0 Å². The zero-order valence-electron chi connectivity index (χ0n) is 13.1. The van der Waals surface area contributed by atoms with E-state index in [1.165, 1.54) is 12.1 Å². The summed E-state index contributed by atoms with van der Waals surface area (Å²) < 4.78 is 39.2. The predicted molar refractivity (Wildman–Crippen MR) is 83.4 cm³/mol. The van der Waals surface area contributed by atoms with Gasteiger partial charge in [-0.25, -0.2) is 0 Å². The summed E-state index contributed by atoms with van der Waals surface area (Å²) in [6, 6.07) is 8.97. The number of aromatic nitrogens is 1. The van der Waals surface area contributed by atoms with E-state index in [0.29, 0.717) is 6.42 Å². The molecule has 1 saturated carbocycles. The molecule has 1 aliphatic rings. The lowest BCUT2D eigenvalue weighted by Gasteiger charge is -2.12. The Morgan fingerprint density at radius 3 is 2.67 bits per heavy atom. The Morgan fingerprint density at radius 2 is 2.00 bits per heavy atom. The Labute approximate surface area is 137 Å². The average Bonchev–Trinajstić information content (AvgIpc) is 3.27. The van der Waals surface area contributed by atoms with Crippen molar-refractivity contribution in [1.29, 1.82) is 0 Å². The summed E-state index contributed by atoms with van der Waals surface area (Å²) in [4.78, 5) is 16.2. The highest BCUT2D eigenvalue weighted by Gasteiger charge is 2.44. The second-order valence-corrected chi connectivity index (χ2v) is 6.09. The van der Waals surface area contributed by atoms with E-state index in [0.717, 1.165) is 17.3 Å². The molecule has 0 spiro atoms. The highest BCUT2D eigenvalue weighted by molar-refractivity contribution is 5.79. The standard InChI is InChI=1S/C18H17F3N2O/c1-11-6-7-12(10-22-11)8-17(24)23-16-9-14(16)13-4-2-3-5-15(13)18(19,20)21/h2-7,10,14,16H,8-9H2,1H3,(H,23,24). The number of nitrogens with one attached hydrogen (secondary N) is 1. The van der Waals surface area contributed by atoms with Gasteiger partial charge in [0.05, 0.1) is 12.0 Å². The zero-order chi connectivity index (χ0) is 17.3. The van der Waals surface area contributed by atoms with E-state index in [-0.39, 0.29) is 29.9 Å². The molecule has 2 atom stereocenters. The zero-order valence-corrected chi connectivity index (χ0v) is 13.1. The lowest BCUT2D eigenvalue weighted by atomic mass is 10.0. The first-order valence-electron chi connectivity index (χ1n) is 7.71. The van der Waals surface area contributed by atoms with Crippen molar-refractivity contribution in [3.05, 3.63) is 65.0 Å². The molecule has 126 valence electrons. The van der Waals surface area contributed by atoms with E-state index in [2.05, 4.69) is 10.3 Å². The van der Waals surface area contributed by atoms with Gasteiger partial charge in [-0.15, -0.1) is 0 Å². The molecule has 24 heavy (non-hydrogen) atoms. The van der Waals surface area contributed by atoms with Gasteiger partial charge in [-0.2, -0.15) is 13.2 Å². The van der Waals surface area contributed by atoms with Crippen LogP contribution in [0, 0.1) is 6.92 Å². The molecule has 0 saturated heterocycles. The van der Waals surface area contributed by atoms with E-state index < -0.39 is 11.7 Å². The fraction of sp³-hybridized carbons (Fsp3) is 0.333. The maximum atomic E-state index is 13.1. The number of nitrogens with zero attached hydrogens (tertiary/aromatic N) is 1. The van der Waals surface area contributed by atoms with E-state index in [9.17, 15) is 18.0 Å². The average molecular weight is 334 g/mol. The predicted octanol–water partition coefficient (Wildman–Crippen LogP) is 3.62. The lowest BCUT2D eigenvalue weighted by Crippen LogP contribution is -2.28. The van der Waals surface area contributed by atoms with Crippen LogP contribution < -0.4 is 5.32 Å². The third-order valence-corrected chi connectivity index (χ3v) is 4.14.